The molecule has 60 valence electrons. The standard InChI is InChI=1S/C9H13NO/c1-6(2)8-4-10-5-9(8)7(3)11/h4-6,10H,1-3H3. The Morgan fingerprint density at radius 3 is 2.45 bits per heavy atom. The van der Waals surface area contributed by atoms with E-state index in [9.17, 15) is 4.79 Å². The number of hydrogen-bond donors (Lipinski definition) is 1. The molecule has 0 aliphatic carbocycles. The topological polar surface area (TPSA) is 32.9 Å². The fourth-order valence-corrected chi connectivity index (χ4v) is 1.16. The minimum Gasteiger partial charge on any atom is -0.367 e. The molecule has 0 saturated heterocycles. The zero-order valence-electron chi connectivity index (χ0n) is 7.14. The predicted molar refractivity (Wildman–Crippen MR) is 44.9 cm³/mol. The van der Waals surface area contributed by atoms with Gasteiger partial charge in [-0.05, 0) is 18.4 Å². The molecule has 0 aromatic carbocycles. The maximum atomic E-state index is 11.0. The number of nitrogens with one attached hydrogen (secondary N) is 1. The third-order valence-electron chi connectivity index (χ3n) is 1.78. The summed E-state index contributed by atoms with van der Waals surface area (Å²) in [6.45, 7) is 5.75. The van der Waals surface area contributed by atoms with Crippen molar-refractivity contribution in [1.29, 1.82) is 0 Å². The van der Waals surface area contributed by atoms with Gasteiger partial charge < -0.3 is 4.98 Å². The highest BCUT2D eigenvalue weighted by atomic mass is 16.1. The van der Waals surface area contributed by atoms with Crippen LogP contribution in [-0.4, -0.2) is 10.8 Å². The van der Waals surface area contributed by atoms with E-state index in [0.29, 0.717) is 5.92 Å². The van der Waals surface area contributed by atoms with Crippen LogP contribution >= 0.6 is 0 Å². The van der Waals surface area contributed by atoms with Crippen LogP contribution < -0.4 is 0 Å². The van der Waals surface area contributed by atoms with Gasteiger partial charge in [-0.3, -0.25) is 4.79 Å². The summed E-state index contributed by atoms with van der Waals surface area (Å²) in [6, 6.07) is 0. The summed E-state index contributed by atoms with van der Waals surface area (Å²) in [6.07, 6.45) is 3.65. The number of rotatable bonds is 2. The third-order valence-corrected chi connectivity index (χ3v) is 1.78. The van der Waals surface area contributed by atoms with Crippen LogP contribution in [-0.2, 0) is 0 Å². The Morgan fingerprint density at radius 2 is 2.09 bits per heavy atom. The number of ketones is 1. The number of carbonyl (C=O) groups excluding carboxylic acids is 1. The smallest absolute Gasteiger partial charge is 0.161 e. The molecule has 0 saturated carbocycles. The van der Waals surface area contributed by atoms with E-state index in [0.717, 1.165) is 11.1 Å². The van der Waals surface area contributed by atoms with Crippen molar-refractivity contribution in [3.8, 4) is 0 Å². The lowest BCUT2D eigenvalue weighted by molar-refractivity contribution is 0.101. The van der Waals surface area contributed by atoms with Crippen LogP contribution in [0.15, 0.2) is 12.4 Å². The molecule has 1 aromatic rings. The van der Waals surface area contributed by atoms with Gasteiger partial charge in [0.15, 0.2) is 5.78 Å². The first-order valence-corrected chi connectivity index (χ1v) is 3.80. The van der Waals surface area contributed by atoms with E-state index in [1.54, 1.807) is 13.1 Å². The second-order valence-electron chi connectivity index (χ2n) is 3.04. The van der Waals surface area contributed by atoms with Crippen LogP contribution in [0.4, 0.5) is 0 Å². The second-order valence-corrected chi connectivity index (χ2v) is 3.04. The molecule has 2 nitrogen and oxygen atoms in total. The normalized spacial score (nSPS) is 10.5. The monoisotopic (exact) mass is 151 g/mol. The summed E-state index contributed by atoms with van der Waals surface area (Å²) < 4.78 is 0. The molecule has 2 heteroatoms. The van der Waals surface area contributed by atoms with E-state index in [2.05, 4.69) is 18.8 Å². The molecule has 0 unspecified atom stereocenters. The SMILES string of the molecule is CC(=O)c1c[nH]cc1C(C)C. The van der Waals surface area contributed by atoms with Gasteiger partial charge in [-0.25, -0.2) is 0 Å². The zero-order chi connectivity index (χ0) is 8.43. The molecule has 0 atom stereocenters. The van der Waals surface area contributed by atoms with Gasteiger partial charge in [-0.15, -0.1) is 0 Å². The molecule has 0 amide bonds. The van der Waals surface area contributed by atoms with E-state index >= 15 is 0 Å². The quantitative estimate of drug-likeness (QED) is 0.646. The molecule has 0 radical (unpaired) electrons. The number of aromatic amines is 1. The minimum atomic E-state index is 0.134. The Morgan fingerprint density at radius 1 is 1.45 bits per heavy atom. The maximum Gasteiger partial charge on any atom is 0.161 e. The Bertz CT molecular complexity index is 260. The molecule has 1 heterocycles. The van der Waals surface area contributed by atoms with Crippen molar-refractivity contribution in [3.05, 3.63) is 23.5 Å². The average molecular weight is 151 g/mol. The van der Waals surface area contributed by atoms with Crippen molar-refractivity contribution in [2.45, 2.75) is 26.7 Å². The minimum absolute atomic E-state index is 0.134. The van der Waals surface area contributed by atoms with Gasteiger partial charge in [0.2, 0.25) is 0 Å². The summed E-state index contributed by atoms with van der Waals surface area (Å²) in [5.41, 5.74) is 1.93. The van der Waals surface area contributed by atoms with Crippen molar-refractivity contribution in [2.75, 3.05) is 0 Å². The van der Waals surface area contributed by atoms with Crippen LogP contribution in [0.3, 0.4) is 0 Å². The van der Waals surface area contributed by atoms with Gasteiger partial charge in [-0.1, -0.05) is 13.8 Å². The first-order valence-electron chi connectivity index (χ1n) is 3.80. The second kappa shape index (κ2) is 2.91. The highest BCUT2D eigenvalue weighted by Gasteiger charge is 2.09. The number of aromatic nitrogens is 1. The van der Waals surface area contributed by atoms with Crippen molar-refractivity contribution in [3.63, 3.8) is 0 Å². The van der Waals surface area contributed by atoms with Crippen LogP contribution in [0.2, 0.25) is 0 Å². The number of carbonyl (C=O) groups is 1. The first kappa shape index (κ1) is 8.05. The van der Waals surface area contributed by atoms with E-state index < -0.39 is 0 Å². The van der Waals surface area contributed by atoms with E-state index in [1.165, 1.54) is 0 Å². The Labute approximate surface area is 66.6 Å². The molecule has 0 aliphatic rings. The Kier molecular flexibility index (Phi) is 2.13. The lowest BCUT2D eigenvalue weighted by atomic mass is 10.0. The summed E-state index contributed by atoms with van der Waals surface area (Å²) in [7, 11) is 0. The van der Waals surface area contributed by atoms with Crippen molar-refractivity contribution < 1.29 is 4.79 Å². The molecule has 0 fully saturated rings. The number of Topliss-reactive ketones (excluding diaryl/α,β-unsaturated/α-hetero) is 1. The largest absolute Gasteiger partial charge is 0.367 e. The van der Waals surface area contributed by atoms with Crippen molar-refractivity contribution in [2.24, 2.45) is 0 Å². The number of H-pyrrole nitrogens is 1. The number of hydrogen-bond acceptors (Lipinski definition) is 1. The fraction of sp³-hybridized carbons (Fsp3) is 0.444. The van der Waals surface area contributed by atoms with Crippen LogP contribution in [0.25, 0.3) is 0 Å². The van der Waals surface area contributed by atoms with Crippen molar-refractivity contribution >= 4 is 5.78 Å². The van der Waals surface area contributed by atoms with Gasteiger partial charge in [0.25, 0.3) is 0 Å². The lowest BCUT2D eigenvalue weighted by Crippen LogP contribution is -1.96. The van der Waals surface area contributed by atoms with Gasteiger partial charge in [0, 0.05) is 18.0 Å². The van der Waals surface area contributed by atoms with Gasteiger partial charge in [0.05, 0.1) is 0 Å². The fourth-order valence-electron chi connectivity index (χ4n) is 1.16. The Balaban J connectivity index is 3.06. The molecule has 0 aliphatic heterocycles. The lowest BCUT2D eigenvalue weighted by Gasteiger charge is -2.02. The molecular formula is C9H13NO. The van der Waals surface area contributed by atoms with Gasteiger partial charge >= 0.3 is 0 Å². The molecule has 11 heavy (non-hydrogen) atoms. The van der Waals surface area contributed by atoms with Crippen LogP contribution in [0.1, 0.15) is 42.6 Å². The first-order chi connectivity index (χ1) is 5.13. The summed E-state index contributed by atoms with van der Waals surface area (Å²) in [5, 5.41) is 0. The third kappa shape index (κ3) is 1.50. The summed E-state index contributed by atoms with van der Waals surface area (Å²) >= 11 is 0. The molecule has 0 spiro atoms. The van der Waals surface area contributed by atoms with Crippen LogP contribution in [0.5, 0.6) is 0 Å². The average Bonchev–Trinajstić information content (AvgIpc) is 2.32. The Hall–Kier alpha value is -1.05. The van der Waals surface area contributed by atoms with Gasteiger partial charge in [0.1, 0.15) is 0 Å². The summed E-state index contributed by atoms with van der Waals surface area (Å²) in [5.74, 6) is 0.551. The molecule has 1 N–H and O–H groups in total. The van der Waals surface area contributed by atoms with Gasteiger partial charge in [-0.2, -0.15) is 0 Å². The van der Waals surface area contributed by atoms with E-state index in [-0.39, 0.29) is 5.78 Å². The van der Waals surface area contributed by atoms with Crippen LogP contribution in [0, 0.1) is 0 Å². The molecule has 1 rings (SSSR count). The maximum absolute atomic E-state index is 11.0. The van der Waals surface area contributed by atoms with Crippen molar-refractivity contribution in [1.82, 2.24) is 4.98 Å². The highest BCUT2D eigenvalue weighted by Crippen LogP contribution is 2.18. The summed E-state index contributed by atoms with van der Waals surface area (Å²) in [4.78, 5) is 14.0. The zero-order valence-corrected chi connectivity index (χ0v) is 7.14. The molecule has 0 bridgehead atoms. The predicted octanol–water partition coefficient (Wildman–Crippen LogP) is 2.34. The van der Waals surface area contributed by atoms with E-state index in [4.69, 9.17) is 0 Å². The highest BCUT2D eigenvalue weighted by molar-refractivity contribution is 5.95. The van der Waals surface area contributed by atoms with E-state index in [1.807, 2.05) is 6.20 Å². The molecular weight excluding hydrogens is 138 g/mol. The molecule has 1 aromatic heterocycles.